The number of ether oxygens (including phenoxy) is 4. The van der Waals surface area contributed by atoms with Crippen LogP contribution in [-0.4, -0.2) is 51.6 Å². The zero-order chi connectivity index (χ0) is 29.3. The highest BCUT2D eigenvalue weighted by molar-refractivity contribution is 5.91. The smallest absolute Gasteiger partial charge is 0.416 e. The summed E-state index contributed by atoms with van der Waals surface area (Å²) in [7, 11) is 4.92. The fourth-order valence-electron chi connectivity index (χ4n) is 4.55. The maximum atomic E-state index is 13.5. The van der Waals surface area contributed by atoms with Crippen molar-refractivity contribution in [2.24, 2.45) is 0 Å². The van der Waals surface area contributed by atoms with Crippen LogP contribution >= 0.6 is 0 Å². The van der Waals surface area contributed by atoms with Crippen LogP contribution in [0.4, 0.5) is 41.6 Å². The summed E-state index contributed by atoms with van der Waals surface area (Å²) in [6.07, 6.45) is -11.8. The van der Waals surface area contributed by atoms with Crippen LogP contribution in [0.15, 0.2) is 30.3 Å². The number of hydrogen-bond donors (Lipinski definition) is 0. The molecule has 2 aromatic carbocycles. The number of halogens is 6. The summed E-state index contributed by atoms with van der Waals surface area (Å²) in [6.45, 7) is 0.980. The van der Waals surface area contributed by atoms with E-state index in [4.69, 9.17) is 18.9 Å². The summed E-state index contributed by atoms with van der Waals surface area (Å²) in [4.78, 5) is 27.9. The number of carbonyl (C=O) groups excluding carboxylic acids is 2. The first-order valence-electron chi connectivity index (χ1n) is 11.4. The Balaban J connectivity index is 2.21. The van der Waals surface area contributed by atoms with Crippen molar-refractivity contribution in [2.75, 3.05) is 33.3 Å². The summed E-state index contributed by atoms with van der Waals surface area (Å²) in [5, 5.41) is 0. The summed E-state index contributed by atoms with van der Waals surface area (Å²) < 4.78 is 101. The fourth-order valence-corrected chi connectivity index (χ4v) is 4.55. The Labute approximate surface area is 220 Å². The summed E-state index contributed by atoms with van der Waals surface area (Å²) in [5.41, 5.74) is -2.90. The van der Waals surface area contributed by atoms with Gasteiger partial charge in [0, 0.05) is 24.2 Å². The van der Waals surface area contributed by atoms with Crippen LogP contribution in [0, 0.1) is 0 Å². The molecule has 2 aromatic rings. The number of hydrogen-bond acceptors (Lipinski definition) is 6. The van der Waals surface area contributed by atoms with Crippen LogP contribution in [0.5, 0.6) is 11.5 Å². The van der Waals surface area contributed by atoms with Gasteiger partial charge < -0.3 is 18.9 Å². The van der Waals surface area contributed by atoms with E-state index in [0.29, 0.717) is 17.7 Å². The van der Waals surface area contributed by atoms with Gasteiger partial charge in [-0.25, -0.2) is 9.59 Å². The molecule has 0 fully saturated rings. The van der Waals surface area contributed by atoms with Crippen molar-refractivity contribution in [3.63, 3.8) is 0 Å². The predicted molar refractivity (Wildman–Crippen MR) is 126 cm³/mol. The van der Waals surface area contributed by atoms with Gasteiger partial charge in [0.05, 0.1) is 51.3 Å². The summed E-state index contributed by atoms with van der Waals surface area (Å²) in [5.74, 6) is 0.444. The lowest BCUT2D eigenvalue weighted by molar-refractivity contribution is -0.143. The molecule has 1 aliphatic heterocycles. The van der Waals surface area contributed by atoms with Gasteiger partial charge in [0.1, 0.15) is 0 Å². The highest BCUT2D eigenvalue weighted by Gasteiger charge is 2.41. The van der Waals surface area contributed by atoms with Gasteiger partial charge in [0.15, 0.2) is 11.5 Å². The van der Waals surface area contributed by atoms with E-state index in [1.807, 2.05) is 0 Å². The number of anilines is 1. The van der Waals surface area contributed by atoms with Crippen LogP contribution in [0.3, 0.4) is 0 Å². The molecule has 0 bridgehead atoms. The van der Waals surface area contributed by atoms with Gasteiger partial charge in [-0.15, -0.1) is 0 Å². The first-order chi connectivity index (χ1) is 18.2. The summed E-state index contributed by atoms with van der Waals surface area (Å²) >= 11 is 0. The molecule has 0 spiro atoms. The van der Waals surface area contributed by atoms with Gasteiger partial charge in [-0.05, 0) is 43.2 Å². The maximum absolute atomic E-state index is 13.5. The number of fused-ring (bicyclic) bond motifs is 1. The van der Waals surface area contributed by atoms with Crippen LogP contribution in [-0.2, 0) is 28.4 Å². The predicted octanol–water partition coefficient (Wildman–Crippen LogP) is 6.42. The lowest BCUT2D eigenvalue weighted by Gasteiger charge is -2.42. The van der Waals surface area contributed by atoms with Gasteiger partial charge in [0.2, 0.25) is 0 Å². The molecule has 0 unspecified atom stereocenters. The van der Waals surface area contributed by atoms with Gasteiger partial charge in [0.25, 0.3) is 0 Å². The molecular formula is C25H26F6N2O6. The van der Waals surface area contributed by atoms with Crippen molar-refractivity contribution < 1.29 is 54.9 Å². The quantitative estimate of drug-likeness (QED) is 0.391. The average Bonchev–Trinajstić information content (AvgIpc) is 2.88. The number of benzene rings is 2. The first kappa shape index (κ1) is 29.7. The molecule has 0 aromatic heterocycles. The molecular weight excluding hydrogens is 538 g/mol. The molecule has 3 rings (SSSR count). The molecule has 14 heteroatoms. The average molecular weight is 564 g/mol. The Morgan fingerprint density at radius 1 is 0.872 bits per heavy atom. The molecule has 214 valence electrons. The molecule has 0 N–H and O–H groups in total. The maximum Gasteiger partial charge on any atom is 0.416 e. The van der Waals surface area contributed by atoms with Crippen molar-refractivity contribution in [1.29, 1.82) is 0 Å². The second-order valence-electron chi connectivity index (χ2n) is 8.72. The van der Waals surface area contributed by atoms with Gasteiger partial charge in [-0.1, -0.05) is 0 Å². The standard InChI is InChI=1S/C25H26F6N2O6/c1-13-6-18(17-10-20(36-2)21(37-3)11-19(17)33(13)23(35)39-5)32(22(34)38-4)12-14-7-15(24(26,27)28)9-16(8-14)25(29,30)31/h7-11,13,18H,6,12H2,1-5H3/t13-,18+/m1/s1. The molecule has 0 aliphatic carbocycles. The number of nitrogens with zero attached hydrogens (tertiary/aromatic N) is 2. The van der Waals surface area contributed by atoms with Crippen molar-refractivity contribution in [2.45, 2.75) is 44.3 Å². The minimum atomic E-state index is -5.07. The number of methoxy groups -OCH3 is 4. The number of amides is 2. The molecule has 0 saturated heterocycles. The van der Waals surface area contributed by atoms with Crippen molar-refractivity contribution >= 4 is 17.9 Å². The SMILES string of the molecule is COC(=O)N(Cc1cc(C(F)(F)F)cc(C(F)(F)F)c1)[C@H]1C[C@@H](C)N(C(=O)OC)c2cc(OC)c(OC)cc21. The van der Waals surface area contributed by atoms with E-state index < -0.39 is 59.9 Å². The summed E-state index contributed by atoms with van der Waals surface area (Å²) in [6, 6.07) is 2.48. The van der Waals surface area contributed by atoms with E-state index in [9.17, 15) is 35.9 Å². The van der Waals surface area contributed by atoms with E-state index in [2.05, 4.69) is 0 Å². The zero-order valence-corrected chi connectivity index (χ0v) is 21.6. The fraction of sp³-hybridized carbons (Fsp3) is 0.440. The van der Waals surface area contributed by atoms with Crippen LogP contribution in [0.25, 0.3) is 0 Å². The molecule has 1 aliphatic rings. The second-order valence-corrected chi connectivity index (χ2v) is 8.72. The van der Waals surface area contributed by atoms with Crippen LogP contribution in [0.1, 0.15) is 41.6 Å². The van der Waals surface area contributed by atoms with E-state index >= 15 is 0 Å². The highest BCUT2D eigenvalue weighted by atomic mass is 19.4. The third-order valence-corrected chi connectivity index (χ3v) is 6.31. The monoisotopic (exact) mass is 564 g/mol. The number of rotatable bonds is 5. The van der Waals surface area contributed by atoms with E-state index in [0.717, 1.165) is 12.0 Å². The molecule has 2 amide bonds. The van der Waals surface area contributed by atoms with Gasteiger partial charge >= 0.3 is 24.5 Å². The highest BCUT2D eigenvalue weighted by Crippen LogP contribution is 2.47. The Kier molecular flexibility index (Phi) is 8.46. The van der Waals surface area contributed by atoms with E-state index in [1.54, 1.807) is 6.92 Å². The van der Waals surface area contributed by atoms with Crippen molar-refractivity contribution in [3.05, 3.63) is 52.6 Å². The van der Waals surface area contributed by atoms with Crippen LogP contribution in [0.2, 0.25) is 0 Å². The normalized spacial score (nSPS) is 17.3. The lowest BCUT2D eigenvalue weighted by atomic mass is 9.90. The Morgan fingerprint density at radius 2 is 1.41 bits per heavy atom. The topological polar surface area (TPSA) is 77.5 Å². The van der Waals surface area contributed by atoms with Crippen molar-refractivity contribution in [3.8, 4) is 11.5 Å². The number of carbonyl (C=O) groups is 2. The molecule has 0 radical (unpaired) electrons. The third kappa shape index (κ3) is 6.09. The molecule has 8 nitrogen and oxygen atoms in total. The Hall–Kier alpha value is -3.84. The van der Waals surface area contributed by atoms with Crippen LogP contribution < -0.4 is 14.4 Å². The Morgan fingerprint density at radius 3 is 1.87 bits per heavy atom. The minimum absolute atomic E-state index is 0.00927. The minimum Gasteiger partial charge on any atom is -0.493 e. The van der Waals surface area contributed by atoms with Gasteiger partial charge in [-0.3, -0.25) is 9.80 Å². The number of alkyl halides is 6. The molecule has 0 saturated carbocycles. The van der Waals surface area contributed by atoms with Gasteiger partial charge in [-0.2, -0.15) is 26.3 Å². The molecule has 39 heavy (non-hydrogen) atoms. The molecule has 1 heterocycles. The molecule has 2 atom stereocenters. The Bertz CT molecular complexity index is 1200. The lowest BCUT2D eigenvalue weighted by Crippen LogP contribution is -2.47. The van der Waals surface area contributed by atoms with Crippen molar-refractivity contribution in [1.82, 2.24) is 4.90 Å². The van der Waals surface area contributed by atoms with E-state index in [1.165, 1.54) is 38.4 Å². The largest absolute Gasteiger partial charge is 0.493 e. The zero-order valence-electron chi connectivity index (χ0n) is 21.6. The second kappa shape index (κ2) is 11.1. The third-order valence-electron chi connectivity index (χ3n) is 6.31. The van der Waals surface area contributed by atoms with E-state index in [-0.39, 0.29) is 29.7 Å². The first-order valence-corrected chi connectivity index (χ1v) is 11.4.